The minimum atomic E-state index is -2.25. The van der Waals surface area contributed by atoms with Crippen molar-refractivity contribution in [2.75, 3.05) is 6.61 Å². The third-order valence-electron chi connectivity index (χ3n) is 1.64. The lowest BCUT2D eigenvalue weighted by Gasteiger charge is -2.11. The quantitative estimate of drug-likeness (QED) is 0.500. The van der Waals surface area contributed by atoms with Crippen molar-refractivity contribution in [3.8, 4) is 5.75 Å². The Labute approximate surface area is 87.3 Å². The SMILES string of the molecule is C[C@@H](O)COc1c(F)c(F)c(F)c(F)c1F. The van der Waals surface area contributed by atoms with Gasteiger partial charge in [-0.25, -0.2) is 13.2 Å². The second kappa shape index (κ2) is 4.65. The van der Waals surface area contributed by atoms with Crippen molar-refractivity contribution >= 4 is 0 Å². The molecule has 0 heterocycles. The molecule has 0 saturated heterocycles. The highest BCUT2D eigenvalue weighted by Crippen LogP contribution is 2.29. The van der Waals surface area contributed by atoms with Gasteiger partial charge in [0.1, 0.15) is 6.61 Å². The van der Waals surface area contributed by atoms with Crippen LogP contribution in [0.4, 0.5) is 22.0 Å². The molecule has 2 nitrogen and oxygen atoms in total. The van der Waals surface area contributed by atoms with Crippen LogP contribution in [0.3, 0.4) is 0 Å². The van der Waals surface area contributed by atoms with Gasteiger partial charge in [0.15, 0.2) is 5.75 Å². The Hall–Kier alpha value is -1.37. The molecular weight excluding hydrogens is 235 g/mol. The van der Waals surface area contributed by atoms with E-state index in [2.05, 4.69) is 4.74 Å². The molecule has 7 heteroatoms. The zero-order valence-electron chi connectivity index (χ0n) is 8.03. The molecule has 0 spiro atoms. The molecule has 1 aromatic carbocycles. The minimum Gasteiger partial charge on any atom is -0.485 e. The van der Waals surface area contributed by atoms with Crippen molar-refractivity contribution in [3.63, 3.8) is 0 Å². The number of rotatable bonds is 3. The summed E-state index contributed by atoms with van der Waals surface area (Å²) in [5, 5.41) is 8.76. The van der Waals surface area contributed by atoms with Crippen molar-refractivity contribution in [1.82, 2.24) is 0 Å². The second-order valence-corrected chi connectivity index (χ2v) is 3.06. The second-order valence-electron chi connectivity index (χ2n) is 3.06. The van der Waals surface area contributed by atoms with Gasteiger partial charge in [0.25, 0.3) is 0 Å². The molecule has 0 bridgehead atoms. The van der Waals surface area contributed by atoms with Gasteiger partial charge in [0.2, 0.25) is 29.1 Å². The van der Waals surface area contributed by atoms with E-state index in [0.717, 1.165) is 0 Å². The molecule has 1 atom stereocenters. The first-order chi connectivity index (χ1) is 7.36. The highest BCUT2D eigenvalue weighted by molar-refractivity contribution is 5.29. The van der Waals surface area contributed by atoms with Crippen molar-refractivity contribution in [2.45, 2.75) is 13.0 Å². The lowest BCUT2D eigenvalue weighted by Crippen LogP contribution is -2.16. The molecule has 1 N–H and O–H groups in total. The normalized spacial score (nSPS) is 12.7. The zero-order chi connectivity index (χ0) is 12.5. The summed E-state index contributed by atoms with van der Waals surface area (Å²) in [5.41, 5.74) is 0. The Morgan fingerprint density at radius 1 is 0.938 bits per heavy atom. The van der Waals surface area contributed by atoms with Crippen LogP contribution in [0.25, 0.3) is 0 Å². The fourth-order valence-electron chi connectivity index (χ4n) is 0.915. The third-order valence-corrected chi connectivity index (χ3v) is 1.64. The number of benzene rings is 1. The number of aliphatic hydroxyl groups is 1. The maximum absolute atomic E-state index is 12.9. The van der Waals surface area contributed by atoms with Gasteiger partial charge in [0, 0.05) is 0 Å². The molecule has 0 aromatic heterocycles. The third kappa shape index (κ3) is 2.24. The van der Waals surface area contributed by atoms with Gasteiger partial charge in [-0.15, -0.1) is 0 Å². The van der Waals surface area contributed by atoms with Crippen LogP contribution in [0.1, 0.15) is 6.92 Å². The van der Waals surface area contributed by atoms with Crippen LogP contribution in [0.2, 0.25) is 0 Å². The monoisotopic (exact) mass is 242 g/mol. The van der Waals surface area contributed by atoms with E-state index < -0.39 is 47.5 Å². The number of ether oxygens (including phenoxy) is 1. The summed E-state index contributed by atoms with van der Waals surface area (Å²) in [6, 6.07) is 0. The van der Waals surface area contributed by atoms with Crippen LogP contribution in [-0.4, -0.2) is 17.8 Å². The fraction of sp³-hybridized carbons (Fsp3) is 0.333. The largest absolute Gasteiger partial charge is 0.485 e. The van der Waals surface area contributed by atoms with Crippen LogP contribution in [-0.2, 0) is 0 Å². The van der Waals surface area contributed by atoms with Crippen molar-refractivity contribution in [3.05, 3.63) is 29.1 Å². The van der Waals surface area contributed by atoms with Crippen LogP contribution in [0.15, 0.2) is 0 Å². The molecule has 0 fully saturated rings. The Balaban J connectivity index is 3.18. The van der Waals surface area contributed by atoms with Crippen molar-refractivity contribution in [1.29, 1.82) is 0 Å². The summed E-state index contributed by atoms with van der Waals surface area (Å²) in [7, 11) is 0. The van der Waals surface area contributed by atoms with Crippen LogP contribution >= 0.6 is 0 Å². The summed E-state index contributed by atoms with van der Waals surface area (Å²) in [6.45, 7) is 0.643. The first-order valence-corrected chi connectivity index (χ1v) is 4.18. The molecule has 1 rings (SSSR count). The first-order valence-electron chi connectivity index (χ1n) is 4.18. The molecular formula is C9H7F5O2. The smallest absolute Gasteiger partial charge is 0.206 e. The van der Waals surface area contributed by atoms with Crippen molar-refractivity contribution < 1.29 is 31.8 Å². The van der Waals surface area contributed by atoms with Crippen molar-refractivity contribution in [2.24, 2.45) is 0 Å². The highest BCUT2D eigenvalue weighted by atomic mass is 19.2. The molecule has 1 aromatic rings. The predicted molar refractivity (Wildman–Crippen MR) is 43.4 cm³/mol. The number of hydrogen-bond acceptors (Lipinski definition) is 2. The first kappa shape index (κ1) is 12.7. The lowest BCUT2D eigenvalue weighted by atomic mass is 10.2. The van der Waals surface area contributed by atoms with E-state index in [9.17, 15) is 22.0 Å². The predicted octanol–water partition coefficient (Wildman–Crippen LogP) is 2.14. The maximum Gasteiger partial charge on any atom is 0.206 e. The van der Waals surface area contributed by atoms with E-state index in [-0.39, 0.29) is 0 Å². The fourth-order valence-corrected chi connectivity index (χ4v) is 0.915. The molecule has 0 unspecified atom stereocenters. The van der Waals surface area contributed by atoms with E-state index in [1.165, 1.54) is 6.92 Å². The topological polar surface area (TPSA) is 29.5 Å². The Kier molecular flexibility index (Phi) is 3.69. The minimum absolute atomic E-state index is 0.585. The Morgan fingerprint density at radius 3 is 1.69 bits per heavy atom. The van der Waals surface area contributed by atoms with Gasteiger partial charge in [-0.2, -0.15) is 8.78 Å². The van der Waals surface area contributed by atoms with Gasteiger partial charge >= 0.3 is 0 Å². The van der Waals surface area contributed by atoms with Crippen LogP contribution in [0.5, 0.6) is 5.75 Å². The average Bonchev–Trinajstić information content (AvgIpc) is 2.23. The zero-order valence-corrected chi connectivity index (χ0v) is 8.03. The summed E-state index contributed by atoms with van der Waals surface area (Å²) in [5.74, 6) is -11.9. The van der Waals surface area contributed by atoms with Gasteiger partial charge < -0.3 is 9.84 Å². The molecule has 0 aliphatic carbocycles. The van der Waals surface area contributed by atoms with E-state index in [1.807, 2.05) is 0 Å². The molecule has 0 aliphatic heterocycles. The van der Waals surface area contributed by atoms with E-state index in [1.54, 1.807) is 0 Å². The Bertz CT molecular complexity index is 376. The van der Waals surface area contributed by atoms with E-state index in [4.69, 9.17) is 5.11 Å². The Morgan fingerprint density at radius 2 is 1.31 bits per heavy atom. The van der Waals surface area contributed by atoms with Gasteiger partial charge in [0.05, 0.1) is 6.10 Å². The van der Waals surface area contributed by atoms with E-state index >= 15 is 0 Å². The molecule has 0 radical (unpaired) electrons. The summed E-state index contributed by atoms with van der Waals surface area (Å²) in [4.78, 5) is 0. The summed E-state index contributed by atoms with van der Waals surface area (Å²) < 4.78 is 68.0. The van der Waals surface area contributed by atoms with Crippen LogP contribution < -0.4 is 4.74 Å². The number of halogens is 5. The molecule has 0 amide bonds. The molecule has 16 heavy (non-hydrogen) atoms. The van der Waals surface area contributed by atoms with Crippen LogP contribution in [0, 0.1) is 29.1 Å². The number of aliphatic hydroxyl groups excluding tert-OH is 1. The summed E-state index contributed by atoms with van der Waals surface area (Å²) in [6.07, 6.45) is -1.10. The summed E-state index contributed by atoms with van der Waals surface area (Å²) >= 11 is 0. The number of hydrogen-bond donors (Lipinski definition) is 1. The maximum atomic E-state index is 12.9. The standard InChI is InChI=1S/C9H7F5O2/c1-3(15)2-16-9-7(13)5(11)4(10)6(12)8(9)14/h3,15H,2H2,1H3/t3-/m1/s1. The highest BCUT2D eigenvalue weighted by Gasteiger charge is 2.27. The molecule has 0 aliphatic rings. The van der Waals surface area contributed by atoms with Gasteiger partial charge in [-0.05, 0) is 6.92 Å². The molecule has 0 saturated carbocycles. The van der Waals surface area contributed by atoms with E-state index in [0.29, 0.717) is 0 Å². The lowest BCUT2D eigenvalue weighted by molar-refractivity contribution is 0.115. The average molecular weight is 242 g/mol. The molecule has 90 valence electrons. The van der Waals surface area contributed by atoms with Gasteiger partial charge in [-0.3, -0.25) is 0 Å². The van der Waals surface area contributed by atoms with Gasteiger partial charge in [-0.1, -0.05) is 0 Å².